The van der Waals surface area contributed by atoms with Gasteiger partial charge in [0.05, 0.1) is 7.11 Å². The minimum absolute atomic E-state index is 0.805. The first-order chi connectivity index (χ1) is 13.8. The molecule has 3 aromatic rings. The Morgan fingerprint density at radius 2 is 1.29 bits per heavy atom. The molecule has 0 aromatic heterocycles. The second-order valence-corrected chi connectivity index (χ2v) is 7.06. The molecule has 144 valence electrons. The molecule has 28 heavy (non-hydrogen) atoms. The molecule has 1 N–H and O–H groups in total. The van der Waals surface area contributed by atoms with Gasteiger partial charge in [-0.15, -0.1) is 0 Å². The number of benzene rings is 3. The highest BCUT2D eigenvalue weighted by molar-refractivity contribution is 5.57. The van der Waals surface area contributed by atoms with Crippen LogP contribution in [-0.2, 0) is 6.54 Å². The highest BCUT2D eigenvalue weighted by Crippen LogP contribution is 2.22. The van der Waals surface area contributed by atoms with Gasteiger partial charge in [-0.3, -0.25) is 0 Å². The van der Waals surface area contributed by atoms with Crippen LogP contribution >= 0.6 is 0 Å². The highest BCUT2D eigenvalue weighted by atomic mass is 16.5. The Morgan fingerprint density at radius 3 is 1.86 bits per heavy atom. The summed E-state index contributed by atoms with van der Waals surface area (Å²) in [5.41, 5.74) is 4.99. The number of hydrogen-bond acceptors (Lipinski definition) is 4. The predicted octanol–water partition coefficient (Wildman–Crippen LogP) is 4.63. The number of ether oxygens (including phenoxy) is 1. The fourth-order valence-electron chi connectivity index (χ4n) is 3.60. The maximum atomic E-state index is 5.21. The second-order valence-electron chi connectivity index (χ2n) is 7.06. The van der Waals surface area contributed by atoms with Crippen LogP contribution in [0.15, 0.2) is 78.9 Å². The van der Waals surface area contributed by atoms with Crippen LogP contribution in [0.4, 0.5) is 17.1 Å². The Balaban J connectivity index is 1.29. The maximum Gasteiger partial charge on any atom is 0.118 e. The van der Waals surface area contributed by atoms with Gasteiger partial charge in [-0.1, -0.05) is 30.3 Å². The Bertz CT molecular complexity index is 855. The van der Waals surface area contributed by atoms with E-state index in [0.29, 0.717) is 0 Å². The first-order valence-corrected chi connectivity index (χ1v) is 9.84. The molecule has 0 unspecified atom stereocenters. The van der Waals surface area contributed by atoms with E-state index in [4.69, 9.17) is 4.74 Å². The van der Waals surface area contributed by atoms with E-state index in [1.807, 2.05) is 12.1 Å². The predicted molar refractivity (Wildman–Crippen MR) is 118 cm³/mol. The van der Waals surface area contributed by atoms with E-state index < -0.39 is 0 Å². The standard InChI is InChI=1S/C24H27N3O/c1-28-24-13-7-20(8-14-24)19-25-21-9-11-23(12-10-21)27-17-15-26(16-18-27)22-5-3-2-4-6-22/h2-14,25H,15-19H2,1H3. The zero-order chi connectivity index (χ0) is 19.2. The molecule has 0 aliphatic carbocycles. The molecule has 1 fully saturated rings. The van der Waals surface area contributed by atoms with Crippen molar-refractivity contribution in [2.45, 2.75) is 6.54 Å². The van der Waals surface area contributed by atoms with Crippen molar-refractivity contribution in [3.63, 3.8) is 0 Å². The molecule has 0 bridgehead atoms. The van der Waals surface area contributed by atoms with E-state index in [9.17, 15) is 0 Å². The number of methoxy groups -OCH3 is 1. The van der Waals surface area contributed by atoms with E-state index in [1.165, 1.54) is 16.9 Å². The van der Waals surface area contributed by atoms with Crippen LogP contribution in [-0.4, -0.2) is 33.3 Å². The molecule has 1 aliphatic heterocycles. The molecule has 1 aliphatic rings. The monoisotopic (exact) mass is 373 g/mol. The zero-order valence-corrected chi connectivity index (χ0v) is 16.3. The number of nitrogens with zero attached hydrogens (tertiary/aromatic N) is 2. The fraction of sp³-hybridized carbons (Fsp3) is 0.250. The van der Waals surface area contributed by atoms with Crippen molar-refractivity contribution in [1.29, 1.82) is 0 Å². The van der Waals surface area contributed by atoms with Crippen LogP contribution in [0.25, 0.3) is 0 Å². The summed E-state index contributed by atoms with van der Waals surface area (Å²) in [6, 6.07) is 27.6. The van der Waals surface area contributed by atoms with Gasteiger partial charge in [0.1, 0.15) is 5.75 Å². The van der Waals surface area contributed by atoms with E-state index in [-0.39, 0.29) is 0 Å². The van der Waals surface area contributed by atoms with Gasteiger partial charge < -0.3 is 19.9 Å². The number of para-hydroxylation sites is 1. The van der Waals surface area contributed by atoms with Gasteiger partial charge in [0.2, 0.25) is 0 Å². The third kappa shape index (κ3) is 4.39. The number of rotatable bonds is 6. The smallest absolute Gasteiger partial charge is 0.118 e. The molecule has 1 heterocycles. The number of anilines is 3. The molecule has 3 aromatic carbocycles. The molecule has 4 rings (SSSR count). The number of piperazine rings is 1. The molecule has 1 saturated heterocycles. The van der Waals surface area contributed by atoms with Crippen molar-refractivity contribution in [1.82, 2.24) is 0 Å². The van der Waals surface area contributed by atoms with Gasteiger partial charge in [-0.2, -0.15) is 0 Å². The van der Waals surface area contributed by atoms with Crippen molar-refractivity contribution in [2.24, 2.45) is 0 Å². The Hall–Kier alpha value is -3.14. The summed E-state index contributed by atoms with van der Waals surface area (Å²) < 4.78 is 5.21. The quantitative estimate of drug-likeness (QED) is 0.682. The average Bonchev–Trinajstić information content (AvgIpc) is 2.79. The van der Waals surface area contributed by atoms with E-state index in [1.54, 1.807) is 7.11 Å². The Kier molecular flexibility index (Phi) is 5.66. The Morgan fingerprint density at radius 1 is 0.714 bits per heavy atom. The number of nitrogens with one attached hydrogen (secondary N) is 1. The third-order valence-corrected chi connectivity index (χ3v) is 5.29. The first kappa shape index (κ1) is 18.2. The van der Waals surface area contributed by atoms with Crippen molar-refractivity contribution in [3.8, 4) is 5.75 Å². The summed E-state index contributed by atoms with van der Waals surface area (Å²) in [6.07, 6.45) is 0. The van der Waals surface area contributed by atoms with Gasteiger partial charge in [0, 0.05) is 49.8 Å². The first-order valence-electron chi connectivity index (χ1n) is 9.84. The van der Waals surface area contributed by atoms with Crippen LogP contribution in [0.2, 0.25) is 0 Å². The lowest BCUT2D eigenvalue weighted by atomic mass is 10.2. The van der Waals surface area contributed by atoms with Gasteiger partial charge in [0.25, 0.3) is 0 Å². The molecule has 0 spiro atoms. The van der Waals surface area contributed by atoms with Crippen LogP contribution in [0.5, 0.6) is 5.75 Å². The topological polar surface area (TPSA) is 27.7 Å². The minimum atomic E-state index is 0.805. The molecule has 0 atom stereocenters. The van der Waals surface area contributed by atoms with Crippen molar-refractivity contribution in [2.75, 3.05) is 48.4 Å². The lowest BCUT2D eigenvalue weighted by Gasteiger charge is -2.37. The molecular formula is C24H27N3O. The second kappa shape index (κ2) is 8.70. The summed E-state index contributed by atoms with van der Waals surface area (Å²) in [4.78, 5) is 4.92. The molecule has 0 amide bonds. The molecule has 0 saturated carbocycles. The fourth-order valence-corrected chi connectivity index (χ4v) is 3.60. The largest absolute Gasteiger partial charge is 0.497 e. The molecule has 0 radical (unpaired) electrons. The molecule has 4 nitrogen and oxygen atoms in total. The molecular weight excluding hydrogens is 346 g/mol. The van der Waals surface area contributed by atoms with E-state index >= 15 is 0 Å². The summed E-state index contributed by atoms with van der Waals surface area (Å²) in [5, 5.41) is 3.49. The molecule has 4 heteroatoms. The average molecular weight is 374 g/mol. The van der Waals surface area contributed by atoms with Gasteiger partial charge in [0.15, 0.2) is 0 Å². The lowest BCUT2D eigenvalue weighted by Crippen LogP contribution is -2.46. The van der Waals surface area contributed by atoms with Crippen molar-refractivity contribution >= 4 is 17.1 Å². The van der Waals surface area contributed by atoms with Crippen molar-refractivity contribution < 1.29 is 4.74 Å². The summed E-state index contributed by atoms with van der Waals surface area (Å²) in [7, 11) is 1.69. The van der Waals surface area contributed by atoms with Crippen molar-refractivity contribution in [3.05, 3.63) is 84.4 Å². The SMILES string of the molecule is COc1ccc(CNc2ccc(N3CCN(c4ccccc4)CC3)cc2)cc1. The van der Waals surface area contributed by atoms with Gasteiger partial charge in [-0.25, -0.2) is 0 Å². The number of hydrogen-bond donors (Lipinski definition) is 1. The zero-order valence-electron chi connectivity index (χ0n) is 16.3. The summed E-state index contributed by atoms with van der Waals surface area (Å²) in [5.74, 6) is 0.889. The third-order valence-electron chi connectivity index (χ3n) is 5.29. The van der Waals surface area contributed by atoms with Gasteiger partial charge in [-0.05, 0) is 54.1 Å². The van der Waals surface area contributed by atoms with Gasteiger partial charge >= 0.3 is 0 Å². The van der Waals surface area contributed by atoms with E-state index in [2.05, 4.69) is 81.8 Å². The highest BCUT2D eigenvalue weighted by Gasteiger charge is 2.17. The van der Waals surface area contributed by atoms with Crippen LogP contribution < -0.4 is 19.9 Å². The lowest BCUT2D eigenvalue weighted by molar-refractivity contribution is 0.414. The van der Waals surface area contributed by atoms with Crippen LogP contribution in [0.1, 0.15) is 5.56 Å². The van der Waals surface area contributed by atoms with Crippen LogP contribution in [0, 0.1) is 0 Å². The summed E-state index contributed by atoms with van der Waals surface area (Å²) >= 11 is 0. The summed E-state index contributed by atoms with van der Waals surface area (Å²) in [6.45, 7) is 5.02. The minimum Gasteiger partial charge on any atom is -0.497 e. The van der Waals surface area contributed by atoms with Crippen LogP contribution in [0.3, 0.4) is 0 Å². The maximum absolute atomic E-state index is 5.21. The van der Waals surface area contributed by atoms with E-state index in [0.717, 1.165) is 44.2 Å². The normalized spacial score (nSPS) is 14.0. The Labute approximate surface area is 167 Å².